The number of amides is 1. The second kappa shape index (κ2) is 8.72. The molecule has 112 valence electrons. The Morgan fingerprint density at radius 3 is 2.30 bits per heavy atom. The minimum atomic E-state index is 0.00143. The van der Waals surface area contributed by atoms with Crippen LogP contribution >= 0.6 is 0 Å². The van der Waals surface area contributed by atoms with Crippen LogP contribution in [-0.2, 0) is 9.53 Å². The van der Waals surface area contributed by atoms with Gasteiger partial charge in [0, 0.05) is 13.7 Å². The maximum Gasteiger partial charge on any atom is 0.234 e. The van der Waals surface area contributed by atoms with E-state index in [2.05, 4.69) is 48.7 Å². The maximum absolute atomic E-state index is 11.8. The van der Waals surface area contributed by atoms with Crippen LogP contribution in [0.5, 0.6) is 0 Å². The van der Waals surface area contributed by atoms with Gasteiger partial charge in [-0.1, -0.05) is 38.1 Å². The van der Waals surface area contributed by atoms with E-state index in [1.165, 1.54) is 5.56 Å². The van der Waals surface area contributed by atoms with Gasteiger partial charge in [-0.05, 0) is 24.0 Å². The molecule has 0 aliphatic heterocycles. The van der Waals surface area contributed by atoms with Gasteiger partial charge in [-0.15, -0.1) is 0 Å². The maximum atomic E-state index is 11.8. The van der Waals surface area contributed by atoms with Gasteiger partial charge in [0.2, 0.25) is 5.91 Å². The van der Waals surface area contributed by atoms with Gasteiger partial charge in [0.1, 0.15) is 0 Å². The van der Waals surface area contributed by atoms with Crippen molar-refractivity contribution in [3.63, 3.8) is 0 Å². The first kappa shape index (κ1) is 16.7. The Balaban J connectivity index is 2.41. The summed E-state index contributed by atoms with van der Waals surface area (Å²) < 4.78 is 4.91. The summed E-state index contributed by atoms with van der Waals surface area (Å²) in [5.41, 5.74) is 2.44. The number of benzene rings is 1. The van der Waals surface area contributed by atoms with E-state index in [0.29, 0.717) is 25.6 Å². The van der Waals surface area contributed by atoms with E-state index < -0.39 is 0 Å². The largest absolute Gasteiger partial charge is 0.383 e. The van der Waals surface area contributed by atoms with E-state index in [9.17, 15) is 4.79 Å². The Kier molecular flexibility index (Phi) is 7.26. The first-order valence-corrected chi connectivity index (χ1v) is 7.13. The molecule has 4 heteroatoms. The summed E-state index contributed by atoms with van der Waals surface area (Å²) in [5, 5.41) is 6.01. The third-order valence-electron chi connectivity index (χ3n) is 3.25. The molecule has 1 unspecified atom stereocenters. The molecule has 0 saturated heterocycles. The minimum Gasteiger partial charge on any atom is -0.383 e. The van der Waals surface area contributed by atoms with E-state index in [1.807, 2.05) is 6.92 Å². The normalized spacial score (nSPS) is 12.4. The summed E-state index contributed by atoms with van der Waals surface area (Å²) in [6.07, 6.45) is 0. The zero-order valence-electron chi connectivity index (χ0n) is 12.9. The molecule has 2 N–H and O–H groups in total. The fraction of sp³-hybridized carbons (Fsp3) is 0.562. The van der Waals surface area contributed by atoms with Crippen molar-refractivity contribution in [1.82, 2.24) is 10.6 Å². The van der Waals surface area contributed by atoms with Gasteiger partial charge in [0.25, 0.3) is 0 Å². The monoisotopic (exact) mass is 278 g/mol. The highest BCUT2D eigenvalue weighted by Gasteiger charge is 2.09. The van der Waals surface area contributed by atoms with E-state index in [4.69, 9.17) is 4.74 Å². The smallest absolute Gasteiger partial charge is 0.234 e. The first-order chi connectivity index (χ1) is 9.54. The van der Waals surface area contributed by atoms with Crippen molar-refractivity contribution in [1.29, 1.82) is 0 Å². The molecule has 0 aliphatic carbocycles. The molecule has 0 aromatic heterocycles. The summed E-state index contributed by atoms with van der Waals surface area (Å²) in [7, 11) is 1.64. The molecule has 1 rings (SSSR count). The Labute approximate surface area is 121 Å². The number of carbonyl (C=O) groups is 1. The molecular weight excluding hydrogens is 252 g/mol. The summed E-state index contributed by atoms with van der Waals surface area (Å²) in [6, 6.07) is 8.43. The van der Waals surface area contributed by atoms with Crippen LogP contribution in [0.1, 0.15) is 43.9 Å². The molecule has 4 nitrogen and oxygen atoms in total. The molecule has 1 amide bonds. The molecule has 0 radical (unpaired) electrons. The summed E-state index contributed by atoms with van der Waals surface area (Å²) in [4.78, 5) is 11.8. The van der Waals surface area contributed by atoms with Crippen LogP contribution in [0.15, 0.2) is 24.3 Å². The van der Waals surface area contributed by atoms with Crippen LogP contribution in [0.4, 0.5) is 0 Å². The number of hydrogen-bond acceptors (Lipinski definition) is 3. The lowest BCUT2D eigenvalue weighted by Gasteiger charge is -2.16. The lowest BCUT2D eigenvalue weighted by atomic mass is 9.99. The molecule has 1 aromatic carbocycles. The van der Waals surface area contributed by atoms with Gasteiger partial charge in [0.05, 0.1) is 19.2 Å². The highest BCUT2D eigenvalue weighted by Crippen LogP contribution is 2.18. The Hall–Kier alpha value is -1.39. The van der Waals surface area contributed by atoms with E-state index in [1.54, 1.807) is 7.11 Å². The molecule has 1 atom stereocenters. The zero-order valence-corrected chi connectivity index (χ0v) is 12.9. The lowest BCUT2D eigenvalue weighted by Crippen LogP contribution is -2.36. The van der Waals surface area contributed by atoms with Crippen molar-refractivity contribution in [2.75, 3.05) is 26.8 Å². The van der Waals surface area contributed by atoms with Crippen LogP contribution in [0.2, 0.25) is 0 Å². The molecule has 0 bridgehead atoms. The number of ether oxygens (including phenoxy) is 1. The van der Waals surface area contributed by atoms with Gasteiger partial charge in [-0.3, -0.25) is 4.79 Å². The van der Waals surface area contributed by atoms with Crippen molar-refractivity contribution in [2.45, 2.75) is 32.7 Å². The van der Waals surface area contributed by atoms with Crippen molar-refractivity contribution in [3.8, 4) is 0 Å². The summed E-state index contributed by atoms with van der Waals surface area (Å²) in [5.74, 6) is 0.528. The van der Waals surface area contributed by atoms with Crippen molar-refractivity contribution < 1.29 is 9.53 Å². The van der Waals surface area contributed by atoms with Crippen LogP contribution in [0.3, 0.4) is 0 Å². The molecule has 20 heavy (non-hydrogen) atoms. The summed E-state index contributed by atoms with van der Waals surface area (Å²) >= 11 is 0. The average molecular weight is 278 g/mol. The molecule has 0 spiro atoms. The molecule has 0 fully saturated rings. The SMILES string of the molecule is COCCNCC(=O)NC(C)c1ccc(C(C)C)cc1. The number of rotatable bonds is 8. The quantitative estimate of drug-likeness (QED) is 0.717. The molecule has 0 aliphatic rings. The third-order valence-corrected chi connectivity index (χ3v) is 3.25. The second-order valence-electron chi connectivity index (χ2n) is 5.28. The Morgan fingerprint density at radius 1 is 1.15 bits per heavy atom. The molecule has 0 heterocycles. The van der Waals surface area contributed by atoms with Crippen molar-refractivity contribution in [3.05, 3.63) is 35.4 Å². The topological polar surface area (TPSA) is 50.4 Å². The van der Waals surface area contributed by atoms with E-state index in [0.717, 1.165) is 5.56 Å². The highest BCUT2D eigenvalue weighted by molar-refractivity contribution is 5.78. The number of methoxy groups -OCH3 is 1. The predicted molar refractivity (Wildman–Crippen MR) is 81.8 cm³/mol. The first-order valence-electron chi connectivity index (χ1n) is 7.13. The molecule has 1 aromatic rings. The van der Waals surface area contributed by atoms with Crippen molar-refractivity contribution in [2.24, 2.45) is 0 Å². The highest BCUT2D eigenvalue weighted by atomic mass is 16.5. The van der Waals surface area contributed by atoms with Crippen LogP contribution in [-0.4, -0.2) is 32.7 Å². The van der Waals surface area contributed by atoms with Gasteiger partial charge in [-0.25, -0.2) is 0 Å². The second-order valence-corrected chi connectivity index (χ2v) is 5.28. The summed E-state index contributed by atoms with van der Waals surface area (Å²) in [6.45, 7) is 7.95. The van der Waals surface area contributed by atoms with Gasteiger partial charge in [0.15, 0.2) is 0 Å². The minimum absolute atomic E-state index is 0.00143. The predicted octanol–water partition coefficient (Wildman–Crippen LogP) is 2.22. The van der Waals surface area contributed by atoms with Gasteiger partial charge >= 0.3 is 0 Å². The molecule has 0 saturated carbocycles. The lowest BCUT2D eigenvalue weighted by molar-refractivity contribution is -0.120. The Bertz CT molecular complexity index is 401. The van der Waals surface area contributed by atoms with Gasteiger partial charge < -0.3 is 15.4 Å². The van der Waals surface area contributed by atoms with Crippen LogP contribution in [0.25, 0.3) is 0 Å². The van der Waals surface area contributed by atoms with Gasteiger partial charge in [-0.2, -0.15) is 0 Å². The number of nitrogens with one attached hydrogen (secondary N) is 2. The number of carbonyl (C=O) groups excluding carboxylic acids is 1. The fourth-order valence-corrected chi connectivity index (χ4v) is 1.92. The number of hydrogen-bond donors (Lipinski definition) is 2. The fourth-order valence-electron chi connectivity index (χ4n) is 1.92. The standard InChI is InChI=1S/C16H26N2O2/c1-12(2)14-5-7-15(8-6-14)13(3)18-16(19)11-17-9-10-20-4/h5-8,12-13,17H,9-11H2,1-4H3,(H,18,19). The zero-order chi connectivity index (χ0) is 15.0. The Morgan fingerprint density at radius 2 is 1.75 bits per heavy atom. The van der Waals surface area contributed by atoms with Crippen LogP contribution < -0.4 is 10.6 Å². The third kappa shape index (κ3) is 5.72. The molecular formula is C16H26N2O2. The average Bonchev–Trinajstić information content (AvgIpc) is 2.43. The van der Waals surface area contributed by atoms with E-state index in [-0.39, 0.29) is 11.9 Å². The van der Waals surface area contributed by atoms with E-state index >= 15 is 0 Å². The van der Waals surface area contributed by atoms with Crippen molar-refractivity contribution >= 4 is 5.91 Å². The van der Waals surface area contributed by atoms with Crippen LogP contribution in [0, 0.1) is 0 Å².